The van der Waals surface area contributed by atoms with Crippen LogP contribution in [0.2, 0.25) is 0 Å². The molecule has 0 radical (unpaired) electrons. The molecule has 0 saturated heterocycles. The number of carbonyl (C=O) groups excluding carboxylic acids is 1. The van der Waals surface area contributed by atoms with Gasteiger partial charge in [-0.25, -0.2) is 5.84 Å². The van der Waals surface area contributed by atoms with Crippen molar-refractivity contribution in [2.24, 2.45) is 11.6 Å². The Hall–Kier alpha value is -1.80. The lowest BCUT2D eigenvalue weighted by Crippen LogP contribution is -2.39. The van der Waals surface area contributed by atoms with Crippen LogP contribution in [0.1, 0.15) is 22.3 Å². The van der Waals surface area contributed by atoms with Crippen LogP contribution in [0, 0.1) is 0 Å². The second-order valence-corrected chi connectivity index (χ2v) is 3.94. The Balaban J connectivity index is 2.93. The third kappa shape index (κ3) is 3.83. The van der Waals surface area contributed by atoms with Crippen LogP contribution in [0.25, 0.3) is 0 Å². The quantitative estimate of drug-likeness (QED) is 0.330. The first kappa shape index (κ1) is 15.3. The number of benzene rings is 1. The minimum absolute atomic E-state index is 0.0625. The average molecular weight is 276 g/mol. The number of hydrogen-bond donors (Lipinski definition) is 3. The molecule has 5 nitrogen and oxygen atoms in total. The van der Waals surface area contributed by atoms with Crippen molar-refractivity contribution in [2.75, 3.05) is 18.8 Å². The van der Waals surface area contributed by atoms with Gasteiger partial charge < -0.3 is 11.5 Å². The number of alkyl halides is 3. The molecule has 6 N–H and O–H groups in total. The summed E-state index contributed by atoms with van der Waals surface area (Å²) in [5.74, 6) is 4.84. The molecule has 0 atom stereocenters. The summed E-state index contributed by atoms with van der Waals surface area (Å²) < 4.78 is 37.3. The Labute approximate surface area is 108 Å². The van der Waals surface area contributed by atoms with Crippen molar-refractivity contribution in [2.45, 2.75) is 12.6 Å². The number of nitrogens with zero attached hydrogens (tertiary/aromatic N) is 1. The number of hydrazine groups is 1. The lowest BCUT2D eigenvalue weighted by atomic mass is 10.1. The van der Waals surface area contributed by atoms with Crippen LogP contribution in [-0.4, -0.2) is 24.0 Å². The van der Waals surface area contributed by atoms with Gasteiger partial charge in [0.05, 0.1) is 11.1 Å². The molecule has 0 aliphatic carbocycles. The summed E-state index contributed by atoms with van der Waals surface area (Å²) in [6.07, 6.45) is -4.01. The number of nitrogen functional groups attached to an aromatic ring is 1. The van der Waals surface area contributed by atoms with Crippen molar-refractivity contribution in [1.29, 1.82) is 0 Å². The van der Waals surface area contributed by atoms with Crippen LogP contribution in [0.5, 0.6) is 0 Å². The molecular formula is C11H15F3N4O. The molecule has 0 aromatic heterocycles. The van der Waals surface area contributed by atoms with E-state index in [9.17, 15) is 18.0 Å². The number of nitrogens with two attached hydrogens (primary N) is 3. The molecular weight excluding hydrogens is 261 g/mol. The minimum Gasteiger partial charge on any atom is -0.398 e. The second kappa shape index (κ2) is 5.89. The van der Waals surface area contributed by atoms with E-state index < -0.39 is 17.6 Å². The van der Waals surface area contributed by atoms with Gasteiger partial charge >= 0.3 is 6.18 Å². The third-order valence-electron chi connectivity index (χ3n) is 2.47. The first-order valence-electron chi connectivity index (χ1n) is 5.50. The Kier molecular flexibility index (Phi) is 4.73. The molecule has 19 heavy (non-hydrogen) atoms. The highest BCUT2D eigenvalue weighted by Gasteiger charge is 2.31. The first-order valence-corrected chi connectivity index (χ1v) is 5.50. The topological polar surface area (TPSA) is 98.4 Å². The normalized spacial score (nSPS) is 11.4. The van der Waals surface area contributed by atoms with Crippen molar-refractivity contribution < 1.29 is 18.0 Å². The number of amides is 1. The monoisotopic (exact) mass is 276 g/mol. The molecule has 0 spiro atoms. The molecule has 0 unspecified atom stereocenters. The molecule has 1 aromatic rings. The van der Waals surface area contributed by atoms with E-state index >= 15 is 0 Å². The highest BCUT2D eigenvalue weighted by Crippen LogP contribution is 2.31. The summed E-state index contributed by atoms with van der Waals surface area (Å²) in [6.45, 7) is 0.555. The molecule has 0 fully saturated rings. The van der Waals surface area contributed by atoms with Gasteiger partial charge in [0.2, 0.25) is 0 Å². The van der Waals surface area contributed by atoms with Crippen molar-refractivity contribution in [1.82, 2.24) is 5.01 Å². The molecule has 0 saturated carbocycles. The lowest BCUT2D eigenvalue weighted by molar-refractivity contribution is -0.137. The molecule has 8 heteroatoms. The van der Waals surface area contributed by atoms with Gasteiger partial charge in [0, 0.05) is 12.2 Å². The third-order valence-corrected chi connectivity index (χ3v) is 2.47. The molecule has 0 heterocycles. The van der Waals surface area contributed by atoms with E-state index in [2.05, 4.69) is 0 Å². The standard InChI is InChI=1S/C11H15F3N4O/c12-11(13,14)7-2-3-8(9(16)6-7)10(19)18(17)5-1-4-15/h2-3,6H,1,4-5,15-17H2. The predicted molar refractivity (Wildman–Crippen MR) is 64.8 cm³/mol. The van der Waals surface area contributed by atoms with Crippen LogP contribution in [0.15, 0.2) is 18.2 Å². The Morgan fingerprint density at radius 1 is 1.32 bits per heavy atom. The SMILES string of the molecule is NCCCN(N)C(=O)c1ccc(C(F)(F)F)cc1N. The van der Waals surface area contributed by atoms with Crippen molar-refractivity contribution in [3.63, 3.8) is 0 Å². The number of carbonyl (C=O) groups is 1. The average Bonchev–Trinajstić information content (AvgIpc) is 2.33. The van der Waals surface area contributed by atoms with E-state index in [1.807, 2.05) is 0 Å². The largest absolute Gasteiger partial charge is 0.416 e. The van der Waals surface area contributed by atoms with E-state index in [-0.39, 0.29) is 17.8 Å². The van der Waals surface area contributed by atoms with Gasteiger partial charge in [-0.1, -0.05) is 0 Å². The van der Waals surface area contributed by atoms with Gasteiger partial charge in [0.1, 0.15) is 0 Å². The van der Waals surface area contributed by atoms with Crippen molar-refractivity contribution in [3.8, 4) is 0 Å². The maximum Gasteiger partial charge on any atom is 0.416 e. The van der Waals surface area contributed by atoms with E-state index in [0.717, 1.165) is 17.1 Å². The summed E-state index contributed by atoms with van der Waals surface area (Å²) in [7, 11) is 0. The zero-order chi connectivity index (χ0) is 14.6. The van der Waals surface area contributed by atoms with Crippen LogP contribution < -0.4 is 17.3 Å². The van der Waals surface area contributed by atoms with Gasteiger partial charge in [-0.2, -0.15) is 13.2 Å². The lowest BCUT2D eigenvalue weighted by Gasteiger charge is -2.18. The zero-order valence-corrected chi connectivity index (χ0v) is 10.1. The molecule has 0 aliphatic rings. The Morgan fingerprint density at radius 2 is 1.95 bits per heavy atom. The zero-order valence-electron chi connectivity index (χ0n) is 10.1. The summed E-state index contributed by atoms with van der Waals surface area (Å²) in [5, 5.41) is 0.881. The fraction of sp³-hybridized carbons (Fsp3) is 0.364. The van der Waals surface area contributed by atoms with Gasteiger partial charge in [0.15, 0.2) is 0 Å². The minimum atomic E-state index is -4.50. The van der Waals surface area contributed by atoms with E-state index in [1.165, 1.54) is 0 Å². The molecule has 1 amide bonds. The van der Waals surface area contributed by atoms with Crippen LogP contribution >= 0.6 is 0 Å². The Bertz CT molecular complexity index is 462. The van der Waals surface area contributed by atoms with Crippen LogP contribution in [0.4, 0.5) is 18.9 Å². The fourth-order valence-corrected chi connectivity index (χ4v) is 1.45. The van der Waals surface area contributed by atoms with Crippen LogP contribution in [-0.2, 0) is 6.18 Å². The Morgan fingerprint density at radius 3 is 2.42 bits per heavy atom. The van der Waals surface area contributed by atoms with Gasteiger partial charge in [-0.15, -0.1) is 0 Å². The van der Waals surface area contributed by atoms with E-state index in [0.29, 0.717) is 19.0 Å². The van der Waals surface area contributed by atoms with Gasteiger partial charge in [-0.3, -0.25) is 9.80 Å². The predicted octanol–water partition coefficient (Wildman–Crippen LogP) is 0.952. The maximum atomic E-state index is 12.4. The highest BCUT2D eigenvalue weighted by molar-refractivity contribution is 5.98. The summed E-state index contributed by atoms with van der Waals surface area (Å²) in [5.41, 5.74) is 9.49. The van der Waals surface area contributed by atoms with Crippen molar-refractivity contribution in [3.05, 3.63) is 29.3 Å². The molecule has 0 aliphatic heterocycles. The van der Waals surface area contributed by atoms with E-state index in [4.69, 9.17) is 17.3 Å². The molecule has 1 aromatic carbocycles. The second-order valence-electron chi connectivity index (χ2n) is 3.94. The summed E-state index contributed by atoms with van der Waals surface area (Å²) >= 11 is 0. The van der Waals surface area contributed by atoms with E-state index in [1.54, 1.807) is 0 Å². The smallest absolute Gasteiger partial charge is 0.398 e. The maximum absolute atomic E-state index is 12.4. The molecule has 0 bridgehead atoms. The number of halogens is 3. The van der Waals surface area contributed by atoms with Crippen molar-refractivity contribution >= 4 is 11.6 Å². The summed E-state index contributed by atoms with van der Waals surface area (Å²) in [6, 6.07) is 2.52. The van der Waals surface area contributed by atoms with Gasteiger partial charge in [0.25, 0.3) is 5.91 Å². The number of hydrogen-bond acceptors (Lipinski definition) is 4. The fourth-order valence-electron chi connectivity index (χ4n) is 1.45. The van der Waals surface area contributed by atoms with Crippen LogP contribution in [0.3, 0.4) is 0 Å². The van der Waals surface area contributed by atoms with Gasteiger partial charge in [-0.05, 0) is 31.2 Å². The number of rotatable bonds is 4. The summed E-state index contributed by atoms with van der Waals surface area (Å²) in [4.78, 5) is 11.8. The first-order chi connectivity index (χ1) is 8.77. The number of anilines is 1. The highest BCUT2D eigenvalue weighted by atomic mass is 19.4. The molecule has 106 valence electrons. The molecule has 1 rings (SSSR count).